The fraction of sp³-hybridized carbons (Fsp3) is 0.613. The molecule has 0 saturated heterocycles. The normalized spacial score (nSPS) is 14.2. The molecule has 274 valence electrons. The van der Waals surface area contributed by atoms with Crippen LogP contribution in [0.4, 0.5) is 18.0 Å². The fourth-order valence-electron chi connectivity index (χ4n) is 4.50. The van der Waals surface area contributed by atoms with Gasteiger partial charge in [-0.25, -0.2) is 9.59 Å². The van der Waals surface area contributed by atoms with Crippen molar-refractivity contribution in [3.05, 3.63) is 35.7 Å². The summed E-state index contributed by atoms with van der Waals surface area (Å²) in [5.41, 5.74) is -4.47. The predicted molar refractivity (Wildman–Crippen MR) is 167 cm³/mol. The Balaban J connectivity index is 2.28. The van der Waals surface area contributed by atoms with E-state index in [2.05, 4.69) is 25.7 Å². The van der Waals surface area contributed by atoms with Crippen LogP contribution in [0.15, 0.2) is 24.4 Å². The Morgan fingerprint density at radius 1 is 1.02 bits per heavy atom. The van der Waals surface area contributed by atoms with Gasteiger partial charge in [0.15, 0.2) is 0 Å². The standard InChI is InChI=1S/C31H45F3N6O9/c1-18(2)23(16-40-15-21(37-38-40)13-30(45,27(43)48-9)31(32,33)34)36-25(41)17-39(14-20-10-11-22(46-7)12-24(20)47-8)26(42)19(3)35-28(44)49-29(4,5)6/h10-12,15,18-19,23,45H,13-14,16-17H2,1-9H3,(H,35,44)(H,36,41)/t19-,23+,30?/m0/s1. The smallest absolute Gasteiger partial charge is 0.428 e. The summed E-state index contributed by atoms with van der Waals surface area (Å²) in [5.74, 6) is -2.45. The van der Waals surface area contributed by atoms with E-state index in [9.17, 15) is 37.5 Å². The number of benzene rings is 1. The van der Waals surface area contributed by atoms with Crippen LogP contribution < -0.4 is 20.1 Å². The van der Waals surface area contributed by atoms with Crippen LogP contribution in [0.3, 0.4) is 0 Å². The number of methoxy groups -OCH3 is 3. The number of nitrogens with one attached hydrogen (secondary N) is 2. The first-order chi connectivity index (χ1) is 22.6. The van der Waals surface area contributed by atoms with Crippen LogP contribution in [0, 0.1) is 5.92 Å². The van der Waals surface area contributed by atoms with Crippen LogP contribution in [0.1, 0.15) is 52.8 Å². The topological polar surface area (TPSA) is 183 Å². The van der Waals surface area contributed by atoms with Gasteiger partial charge in [-0.2, -0.15) is 13.2 Å². The third-order valence-electron chi connectivity index (χ3n) is 7.16. The van der Waals surface area contributed by atoms with E-state index >= 15 is 0 Å². The first-order valence-corrected chi connectivity index (χ1v) is 15.2. The van der Waals surface area contributed by atoms with Crippen molar-refractivity contribution < 1.29 is 56.4 Å². The molecule has 0 bridgehead atoms. The van der Waals surface area contributed by atoms with Crippen LogP contribution >= 0.6 is 0 Å². The number of halogens is 3. The molecule has 49 heavy (non-hydrogen) atoms. The second-order valence-electron chi connectivity index (χ2n) is 12.6. The van der Waals surface area contributed by atoms with Gasteiger partial charge in [-0.05, 0) is 45.7 Å². The molecule has 15 nitrogen and oxygen atoms in total. The van der Waals surface area contributed by atoms with E-state index in [4.69, 9.17) is 14.2 Å². The van der Waals surface area contributed by atoms with Gasteiger partial charge < -0.3 is 39.6 Å². The van der Waals surface area contributed by atoms with E-state index in [1.54, 1.807) is 52.8 Å². The number of esters is 1. The maximum absolute atomic E-state index is 13.6. The molecular formula is C31H45F3N6O9. The molecule has 1 aromatic carbocycles. The lowest BCUT2D eigenvalue weighted by Gasteiger charge is -2.29. The van der Waals surface area contributed by atoms with E-state index in [0.717, 1.165) is 10.9 Å². The molecule has 0 saturated carbocycles. The molecule has 18 heteroatoms. The SMILES string of the molecule is COC(=O)C(O)(Cc1cn(C[C@@H](NC(=O)CN(Cc2ccc(OC)cc2OC)C(=O)[C@H](C)NC(=O)OC(C)(C)C)C(C)C)nn1)C(F)(F)F. The molecule has 0 aliphatic heterocycles. The molecule has 0 aliphatic carbocycles. The van der Waals surface area contributed by atoms with Crippen LogP contribution in [0.25, 0.3) is 0 Å². The van der Waals surface area contributed by atoms with Crippen molar-refractivity contribution in [1.82, 2.24) is 30.5 Å². The maximum atomic E-state index is 13.6. The molecule has 0 spiro atoms. The zero-order valence-corrected chi connectivity index (χ0v) is 29.0. The molecule has 2 aromatic rings. The van der Waals surface area contributed by atoms with Gasteiger partial charge in [-0.1, -0.05) is 19.1 Å². The molecule has 1 aromatic heterocycles. The van der Waals surface area contributed by atoms with Gasteiger partial charge in [0.1, 0.15) is 23.1 Å². The minimum Gasteiger partial charge on any atom is -0.497 e. The molecule has 0 aliphatic rings. The number of aromatic nitrogens is 3. The summed E-state index contributed by atoms with van der Waals surface area (Å²) in [7, 11) is 3.63. The second-order valence-corrected chi connectivity index (χ2v) is 12.6. The first kappa shape index (κ1) is 40.6. The van der Waals surface area contributed by atoms with E-state index in [0.29, 0.717) is 24.2 Å². The van der Waals surface area contributed by atoms with Crippen molar-refractivity contribution in [3.8, 4) is 11.5 Å². The maximum Gasteiger partial charge on any atom is 0.428 e. The van der Waals surface area contributed by atoms with Crippen molar-refractivity contribution in [1.29, 1.82) is 0 Å². The van der Waals surface area contributed by atoms with Gasteiger partial charge in [0, 0.05) is 30.8 Å². The lowest BCUT2D eigenvalue weighted by molar-refractivity contribution is -0.261. The van der Waals surface area contributed by atoms with Gasteiger partial charge in [0.05, 0.1) is 46.2 Å². The van der Waals surface area contributed by atoms with Gasteiger partial charge in [0.2, 0.25) is 11.8 Å². The third kappa shape index (κ3) is 11.5. The number of hydrogen-bond donors (Lipinski definition) is 3. The minimum atomic E-state index is -5.35. The monoisotopic (exact) mass is 702 g/mol. The first-order valence-electron chi connectivity index (χ1n) is 15.2. The van der Waals surface area contributed by atoms with Crippen molar-refractivity contribution in [3.63, 3.8) is 0 Å². The van der Waals surface area contributed by atoms with Crippen LogP contribution in [-0.2, 0) is 43.4 Å². The summed E-state index contributed by atoms with van der Waals surface area (Å²) in [4.78, 5) is 52.5. The lowest BCUT2D eigenvalue weighted by atomic mass is 9.97. The van der Waals surface area contributed by atoms with Gasteiger partial charge in [0.25, 0.3) is 5.60 Å². The highest BCUT2D eigenvalue weighted by Gasteiger charge is 2.61. The van der Waals surface area contributed by atoms with Gasteiger partial charge in [-0.3, -0.25) is 14.3 Å². The van der Waals surface area contributed by atoms with Crippen LogP contribution in [0.5, 0.6) is 11.5 Å². The largest absolute Gasteiger partial charge is 0.497 e. The number of carbonyl (C=O) groups is 4. The summed E-state index contributed by atoms with van der Waals surface area (Å²) >= 11 is 0. The molecule has 0 fully saturated rings. The van der Waals surface area contributed by atoms with E-state index in [1.807, 2.05) is 0 Å². The fourth-order valence-corrected chi connectivity index (χ4v) is 4.50. The average molecular weight is 703 g/mol. The lowest BCUT2D eigenvalue weighted by Crippen LogP contribution is -2.54. The highest BCUT2D eigenvalue weighted by molar-refractivity contribution is 5.89. The zero-order chi connectivity index (χ0) is 37.3. The van der Waals surface area contributed by atoms with E-state index in [1.165, 1.54) is 26.0 Å². The minimum absolute atomic E-state index is 0.0596. The number of hydrogen-bond acceptors (Lipinski definition) is 11. The zero-order valence-electron chi connectivity index (χ0n) is 29.0. The summed E-state index contributed by atoms with van der Waals surface area (Å²) in [6.45, 7) is 9.39. The number of rotatable bonds is 15. The molecule has 3 amide bonds. The molecule has 1 unspecified atom stereocenters. The quantitative estimate of drug-likeness (QED) is 0.232. The van der Waals surface area contributed by atoms with Gasteiger partial charge >= 0.3 is 18.2 Å². The molecular weight excluding hydrogens is 657 g/mol. The number of nitrogens with zero attached hydrogens (tertiary/aromatic N) is 4. The van der Waals surface area contributed by atoms with Gasteiger partial charge in [-0.15, -0.1) is 5.10 Å². The number of alkyl carbamates (subject to hydrolysis) is 1. The highest BCUT2D eigenvalue weighted by Crippen LogP contribution is 2.34. The molecule has 3 N–H and O–H groups in total. The summed E-state index contributed by atoms with van der Waals surface area (Å²) in [5, 5.41) is 22.8. The number of carbonyl (C=O) groups excluding carboxylic acids is 4. The van der Waals surface area contributed by atoms with Crippen molar-refractivity contribution >= 4 is 23.9 Å². The average Bonchev–Trinajstić information content (AvgIpc) is 3.44. The summed E-state index contributed by atoms with van der Waals surface area (Å²) in [6.07, 6.45) is -6.32. The van der Waals surface area contributed by atoms with E-state index < -0.39 is 66.3 Å². The Morgan fingerprint density at radius 2 is 1.67 bits per heavy atom. The number of alkyl halides is 3. The summed E-state index contributed by atoms with van der Waals surface area (Å²) < 4.78 is 61.8. The Morgan fingerprint density at radius 3 is 2.20 bits per heavy atom. The molecule has 0 radical (unpaired) electrons. The predicted octanol–water partition coefficient (Wildman–Crippen LogP) is 2.39. The van der Waals surface area contributed by atoms with Crippen molar-refractivity contribution in [2.24, 2.45) is 5.92 Å². The Kier molecular flexibility index (Phi) is 13.8. The van der Waals surface area contributed by atoms with Crippen molar-refractivity contribution in [2.75, 3.05) is 27.9 Å². The molecule has 2 rings (SSSR count). The molecule has 3 atom stereocenters. The highest BCUT2D eigenvalue weighted by atomic mass is 19.4. The second kappa shape index (κ2) is 16.7. The van der Waals surface area contributed by atoms with Crippen LogP contribution in [0.2, 0.25) is 0 Å². The molecule has 1 heterocycles. The Labute approximate surface area is 282 Å². The van der Waals surface area contributed by atoms with E-state index in [-0.39, 0.29) is 24.7 Å². The van der Waals surface area contributed by atoms with Crippen LogP contribution in [-0.4, -0.2) is 106 Å². The Bertz CT molecular complexity index is 1460. The number of amides is 3. The van der Waals surface area contributed by atoms with Crippen molar-refractivity contribution in [2.45, 2.75) is 90.5 Å². The number of ether oxygens (including phenoxy) is 4. The third-order valence-corrected chi connectivity index (χ3v) is 7.16. The Hall–Kier alpha value is -4.61. The summed E-state index contributed by atoms with van der Waals surface area (Å²) in [6, 6.07) is 3.18. The number of aliphatic hydroxyl groups is 1.